The first kappa shape index (κ1) is 20.5. The number of aliphatic hydroxyl groups is 1. The number of aliphatic hydroxyl groups excluding tert-OH is 1. The molecule has 160 valence electrons. The summed E-state index contributed by atoms with van der Waals surface area (Å²) in [5, 5.41) is 12.3. The minimum absolute atomic E-state index is 0.0121. The third-order valence-electron chi connectivity index (χ3n) is 7.72. The Kier molecular flexibility index (Phi) is 5.28. The lowest BCUT2D eigenvalue weighted by atomic mass is 9.59. The van der Waals surface area contributed by atoms with Gasteiger partial charge >= 0.3 is 0 Å². The van der Waals surface area contributed by atoms with E-state index in [-0.39, 0.29) is 42.1 Å². The molecule has 1 aromatic carbocycles. The normalized spacial score (nSPS) is 34.5. The third-order valence-corrected chi connectivity index (χ3v) is 7.72. The Morgan fingerprint density at radius 3 is 2.83 bits per heavy atom. The van der Waals surface area contributed by atoms with Crippen molar-refractivity contribution >= 4 is 5.91 Å². The van der Waals surface area contributed by atoms with E-state index in [1.807, 2.05) is 18.2 Å². The van der Waals surface area contributed by atoms with E-state index >= 15 is 0 Å². The summed E-state index contributed by atoms with van der Waals surface area (Å²) in [6.45, 7) is 7.14. The topological polar surface area (TPSA) is 77.0 Å². The molecule has 5 atom stereocenters. The fraction of sp³-hybridized carbons (Fsp3) is 0.696. The largest absolute Gasteiger partial charge is 0.493 e. The van der Waals surface area contributed by atoms with Crippen LogP contribution in [0.15, 0.2) is 18.2 Å². The average Bonchev–Trinajstić information content (AvgIpc) is 3.18. The van der Waals surface area contributed by atoms with Crippen LogP contribution < -0.4 is 14.8 Å². The molecule has 1 aliphatic heterocycles. The zero-order chi connectivity index (χ0) is 20.8. The molecule has 1 saturated heterocycles. The van der Waals surface area contributed by atoms with Crippen molar-refractivity contribution in [1.82, 2.24) is 5.32 Å². The van der Waals surface area contributed by atoms with Gasteiger partial charge in [0.25, 0.3) is 0 Å². The summed E-state index contributed by atoms with van der Waals surface area (Å²) in [6, 6.07) is 6.12. The van der Waals surface area contributed by atoms with Gasteiger partial charge in [-0.1, -0.05) is 19.9 Å². The smallest absolute Gasteiger partial charge is 0.217 e. The molecule has 6 nitrogen and oxygen atoms in total. The van der Waals surface area contributed by atoms with E-state index in [1.165, 1.54) is 0 Å². The van der Waals surface area contributed by atoms with E-state index in [2.05, 4.69) is 19.2 Å². The molecule has 1 amide bonds. The second kappa shape index (κ2) is 7.47. The lowest BCUT2D eigenvalue weighted by Gasteiger charge is -2.53. The molecule has 1 aromatic rings. The van der Waals surface area contributed by atoms with E-state index in [4.69, 9.17) is 19.3 Å². The average molecular weight is 404 g/mol. The quantitative estimate of drug-likeness (QED) is 0.763. The first-order valence-electron chi connectivity index (χ1n) is 10.6. The Balaban J connectivity index is 1.65. The Morgan fingerprint density at radius 1 is 1.34 bits per heavy atom. The zero-order valence-corrected chi connectivity index (χ0v) is 17.9. The van der Waals surface area contributed by atoms with Crippen LogP contribution in [0, 0.1) is 22.7 Å². The Hall–Kier alpha value is -1.79. The van der Waals surface area contributed by atoms with Crippen LogP contribution in [0.2, 0.25) is 0 Å². The van der Waals surface area contributed by atoms with Crippen LogP contribution in [-0.2, 0) is 9.53 Å². The summed E-state index contributed by atoms with van der Waals surface area (Å²) in [6.07, 6.45) is 3.26. The van der Waals surface area contributed by atoms with Gasteiger partial charge in [0.1, 0.15) is 6.61 Å². The first-order chi connectivity index (χ1) is 13.8. The van der Waals surface area contributed by atoms with Gasteiger partial charge in [-0.05, 0) is 59.6 Å². The molecule has 6 heteroatoms. The number of benzene rings is 1. The van der Waals surface area contributed by atoms with Crippen LogP contribution in [0.3, 0.4) is 0 Å². The van der Waals surface area contributed by atoms with E-state index in [0.717, 1.165) is 24.8 Å². The summed E-state index contributed by atoms with van der Waals surface area (Å²) < 4.78 is 17.4. The maximum Gasteiger partial charge on any atom is 0.217 e. The molecule has 2 N–H and O–H groups in total. The van der Waals surface area contributed by atoms with Gasteiger partial charge in [0.15, 0.2) is 11.5 Å². The van der Waals surface area contributed by atoms with Crippen molar-refractivity contribution in [1.29, 1.82) is 0 Å². The van der Waals surface area contributed by atoms with Crippen LogP contribution in [0.4, 0.5) is 0 Å². The van der Waals surface area contributed by atoms with Gasteiger partial charge in [-0.3, -0.25) is 4.79 Å². The number of ether oxygens (including phenoxy) is 3. The van der Waals surface area contributed by atoms with Crippen molar-refractivity contribution in [2.24, 2.45) is 22.7 Å². The monoisotopic (exact) mass is 403 g/mol. The van der Waals surface area contributed by atoms with Crippen molar-refractivity contribution in [2.45, 2.75) is 52.2 Å². The van der Waals surface area contributed by atoms with Gasteiger partial charge in [0, 0.05) is 19.6 Å². The van der Waals surface area contributed by atoms with E-state index in [0.29, 0.717) is 29.9 Å². The number of nitrogens with one attached hydrogen (secondary N) is 1. The SMILES string of the molecule is COc1cc([C@H]2OCCC34C[C@@H](C[C@H]23)C(C)(C)[C@@H]4NC(C)=O)ccc1OCCO. The maximum atomic E-state index is 12.0. The van der Waals surface area contributed by atoms with E-state index in [1.54, 1.807) is 14.0 Å². The molecule has 1 heterocycles. The highest BCUT2D eigenvalue weighted by molar-refractivity contribution is 5.73. The number of hydrogen-bond donors (Lipinski definition) is 2. The number of hydrogen-bond acceptors (Lipinski definition) is 5. The minimum Gasteiger partial charge on any atom is -0.493 e. The predicted octanol–water partition coefficient (Wildman–Crippen LogP) is 3.08. The minimum atomic E-state index is -0.0387. The van der Waals surface area contributed by atoms with Crippen molar-refractivity contribution in [3.63, 3.8) is 0 Å². The molecule has 3 fully saturated rings. The van der Waals surface area contributed by atoms with Crippen molar-refractivity contribution in [3.8, 4) is 11.5 Å². The molecule has 1 unspecified atom stereocenters. The second-order valence-electron chi connectivity index (χ2n) is 9.46. The van der Waals surface area contributed by atoms with Gasteiger partial charge in [0.2, 0.25) is 5.91 Å². The Morgan fingerprint density at radius 2 is 2.14 bits per heavy atom. The zero-order valence-electron chi connectivity index (χ0n) is 17.9. The number of rotatable bonds is 6. The number of methoxy groups -OCH3 is 1. The predicted molar refractivity (Wildman–Crippen MR) is 109 cm³/mol. The lowest BCUT2D eigenvalue weighted by molar-refractivity contribution is -0.136. The fourth-order valence-corrected chi connectivity index (χ4v) is 6.46. The van der Waals surface area contributed by atoms with Crippen LogP contribution in [-0.4, -0.2) is 44.0 Å². The summed E-state index contributed by atoms with van der Waals surface area (Å²) in [4.78, 5) is 12.0. The van der Waals surface area contributed by atoms with Gasteiger partial charge in [0.05, 0.1) is 19.8 Å². The third kappa shape index (κ3) is 3.21. The molecule has 2 aliphatic carbocycles. The van der Waals surface area contributed by atoms with Crippen LogP contribution in [0.1, 0.15) is 51.7 Å². The number of amides is 1. The molecular weight excluding hydrogens is 370 g/mol. The number of fused-ring (bicyclic) bond motifs is 1. The van der Waals surface area contributed by atoms with Crippen molar-refractivity contribution < 1.29 is 24.1 Å². The maximum absolute atomic E-state index is 12.0. The molecule has 29 heavy (non-hydrogen) atoms. The van der Waals surface area contributed by atoms with Crippen LogP contribution >= 0.6 is 0 Å². The van der Waals surface area contributed by atoms with Gasteiger partial charge < -0.3 is 24.6 Å². The fourth-order valence-electron chi connectivity index (χ4n) is 6.46. The lowest BCUT2D eigenvalue weighted by Crippen LogP contribution is -2.58. The first-order valence-corrected chi connectivity index (χ1v) is 10.6. The van der Waals surface area contributed by atoms with Crippen LogP contribution in [0.25, 0.3) is 0 Å². The Bertz CT molecular complexity index is 779. The highest BCUT2D eigenvalue weighted by Gasteiger charge is 2.68. The van der Waals surface area contributed by atoms with Crippen molar-refractivity contribution in [2.75, 3.05) is 26.9 Å². The molecule has 0 radical (unpaired) electrons. The summed E-state index contributed by atoms with van der Waals surface area (Å²) in [5.74, 6) is 2.29. The summed E-state index contributed by atoms with van der Waals surface area (Å²) in [7, 11) is 1.63. The van der Waals surface area contributed by atoms with Gasteiger partial charge in [-0.15, -0.1) is 0 Å². The molecule has 3 aliphatic rings. The highest BCUT2D eigenvalue weighted by Crippen LogP contribution is 2.70. The Labute approximate surface area is 172 Å². The standard InChI is InChI=1S/C23H33NO5/c1-14(26)24-21-22(2,3)16-12-17-20(29-9-7-23(17,21)13-16)15-5-6-18(28-10-8-25)19(11-15)27-4/h5-6,11,16-17,20-21,25H,7-10,12-13H2,1-4H3,(H,24,26)/t16-,17-,20-,21+,23?/m1/s1. The second-order valence-corrected chi connectivity index (χ2v) is 9.46. The summed E-state index contributed by atoms with van der Waals surface area (Å²) in [5.41, 5.74) is 1.28. The molecular formula is C23H33NO5. The van der Waals surface area contributed by atoms with Crippen LogP contribution in [0.5, 0.6) is 11.5 Å². The molecule has 2 saturated carbocycles. The number of carbonyl (C=O) groups excluding carboxylic acids is 1. The summed E-state index contributed by atoms with van der Waals surface area (Å²) >= 11 is 0. The molecule has 2 bridgehead atoms. The van der Waals surface area contributed by atoms with Gasteiger partial charge in [-0.25, -0.2) is 0 Å². The van der Waals surface area contributed by atoms with Gasteiger partial charge in [-0.2, -0.15) is 0 Å². The molecule has 4 rings (SSSR count). The molecule has 0 aromatic heterocycles. The highest BCUT2D eigenvalue weighted by atomic mass is 16.5. The van der Waals surface area contributed by atoms with E-state index in [9.17, 15) is 4.79 Å². The molecule has 1 spiro atoms. The van der Waals surface area contributed by atoms with E-state index < -0.39 is 0 Å². The number of carbonyl (C=O) groups is 1. The van der Waals surface area contributed by atoms with Crippen molar-refractivity contribution in [3.05, 3.63) is 23.8 Å².